The van der Waals surface area contributed by atoms with Crippen LogP contribution in [0.5, 0.6) is 0 Å². The molecule has 1 aromatic carbocycles. The molecule has 21 heavy (non-hydrogen) atoms. The minimum atomic E-state index is -4.73. The highest BCUT2D eigenvalue weighted by Gasteiger charge is 2.31. The summed E-state index contributed by atoms with van der Waals surface area (Å²) in [5.74, 6) is -5.40. The Hall–Kier alpha value is -2.27. The normalized spacial score (nSPS) is 11.6. The molecule has 1 rings (SSSR count). The predicted molar refractivity (Wildman–Crippen MR) is 67.9 cm³/mol. The first kappa shape index (κ1) is 16.8. The highest BCUT2D eigenvalue weighted by molar-refractivity contribution is 7.89. The van der Waals surface area contributed by atoms with Gasteiger partial charge in [0.15, 0.2) is 11.6 Å². The number of nitrogens with two attached hydrogens (primary N) is 3. The first-order chi connectivity index (χ1) is 9.55. The minimum Gasteiger partial charge on any atom is -0.399 e. The van der Waals surface area contributed by atoms with Gasteiger partial charge in [0.25, 0.3) is 0 Å². The largest absolute Gasteiger partial charge is 0.399 e. The van der Waals surface area contributed by atoms with E-state index >= 15 is 0 Å². The molecule has 8 nitrogen and oxygen atoms in total. The molecule has 0 aliphatic carbocycles. The molecule has 116 valence electrons. The molecule has 0 aromatic heterocycles. The number of rotatable bonds is 6. The number of sulfonamides is 1. The molecule has 0 aliphatic rings. The van der Waals surface area contributed by atoms with Crippen LogP contribution >= 0.6 is 0 Å². The van der Waals surface area contributed by atoms with Gasteiger partial charge in [-0.2, -0.15) is 4.31 Å². The van der Waals surface area contributed by atoms with Crippen LogP contribution in [0.25, 0.3) is 0 Å². The van der Waals surface area contributed by atoms with Gasteiger partial charge in [0.1, 0.15) is 4.90 Å². The maximum atomic E-state index is 13.6. The second-order valence-corrected chi connectivity index (χ2v) is 5.93. The van der Waals surface area contributed by atoms with Crippen LogP contribution in [0.4, 0.5) is 14.5 Å². The topological polar surface area (TPSA) is 150 Å². The summed E-state index contributed by atoms with van der Waals surface area (Å²) < 4.78 is 51.5. The number of hydrogen-bond acceptors (Lipinski definition) is 5. The number of benzene rings is 1. The van der Waals surface area contributed by atoms with E-state index in [1.54, 1.807) is 0 Å². The number of anilines is 1. The molecule has 0 fully saturated rings. The Morgan fingerprint density at radius 2 is 1.57 bits per heavy atom. The molecule has 11 heteroatoms. The highest BCUT2D eigenvalue weighted by atomic mass is 32.2. The minimum absolute atomic E-state index is 0.231. The molecule has 6 N–H and O–H groups in total. The van der Waals surface area contributed by atoms with E-state index in [1.807, 2.05) is 0 Å². The van der Waals surface area contributed by atoms with E-state index in [0.29, 0.717) is 12.1 Å². The third-order valence-electron chi connectivity index (χ3n) is 2.30. The third-order valence-corrected chi connectivity index (χ3v) is 4.09. The molecule has 0 saturated heterocycles. The fourth-order valence-corrected chi connectivity index (χ4v) is 2.97. The smallest absolute Gasteiger partial charge is 0.247 e. The zero-order valence-electron chi connectivity index (χ0n) is 10.5. The number of carbonyl (C=O) groups excluding carboxylic acids is 2. The van der Waals surface area contributed by atoms with Crippen LogP contribution in [0.2, 0.25) is 0 Å². The fraction of sp³-hybridized carbons (Fsp3) is 0.200. The maximum Gasteiger partial charge on any atom is 0.247 e. The van der Waals surface area contributed by atoms with Gasteiger partial charge in [-0.1, -0.05) is 0 Å². The van der Waals surface area contributed by atoms with E-state index in [1.165, 1.54) is 0 Å². The van der Waals surface area contributed by atoms with Gasteiger partial charge < -0.3 is 17.2 Å². The van der Waals surface area contributed by atoms with E-state index in [-0.39, 0.29) is 9.99 Å². The van der Waals surface area contributed by atoms with Crippen LogP contribution in [0.3, 0.4) is 0 Å². The summed E-state index contributed by atoms with van der Waals surface area (Å²) in [6.45, 7) is -1.86. The van der Waals surface area contributed by atoms with Gasteiger partial charge in [0.2, 0.25) is 21.8 Å². The van der Waals surface area contributed by atoms with E-state index in [0.717, 1.165) is 0 Å². The van der Waals surface area contributed by atoms with E-state index in [9.17, 15) is 26.8 Å². The zero-order valence-corrected chi connectivity index (χ0v) is 11.4. The molecule has 0 spiro atoms. The summed E-state index contributed by atoms with van der Waals surface area (Å²) in [5.41, 5.74) is 14.6. The molecule has 2 amide bonds. The monoisotopic (exact) mass is 322 g/mol. The Balaban J connectivity index is 3.41. The predicted octanol–water partition coefficient (Wildman–Crippen LogP) is -1.49. The molecular formula is C10H12F2N4O4S. The van der Waals surface area contributed by atoms with E-state index in [4.69, 9.17) is 17.2 Å². The van der Waals surface area contributed by atoms with Crippen molar-refractivity contribution in [1.29, 1.82) is 0 Å². The molecule has 0 bridgehead atoms. The van der Waals surface area contributed by atoms with Gasteiger partial charge in [-0.15, -0.1) is 0 Å². The van der Waals surface area contributed by atoms with Crippen molar-refractivity contribution in [2.45, 2.75) is 4.90 Å². The molecule has 1 aromatic rings. The molecule has 0 atom stereocenters. The maximum absolute atomic E-state index is 13.6. The van der Waals surface area contributed by atoms with Gasteiger partial charge in [-0.25, -0.2) is 17.2 Å². The van der Waals surface area contributed by atoms with Crippen molar-refractivity contribution in [1.82, 2.24) is 4.31 Å². The van der Waals surface area contributed by atoms with Crippen molar-refractivity contribution in [3.63, 3.8) is 0 Å². The molecule has 0 heterocycles. The van der Waals surface area contributed by atoms with Crippen molar-refractivity contribution in [3.8, 4) is 0 Å². The Morgan fingerprint density at radius 1 is 1.10 bits per heavy atom. The summed E-state index contributed by atoms with van der Waals surface area (Å²) in [7, 11) is -4.73. The number of carbonyl (C=O) groups is 2. The molecule has 0 aliphatic heterocycles. The molecule has 0 unspecified atom stereocenters. The second-order valence-electron chi connectivity index (χ2n) is 4.02. The summed E-state index contributed by atoms with van der Waals surface area (Å²) in [4.78, 5) is 20.6. The van der Waals surface area contributed by atoms with Crippen LogP contribution in [0.15, 0.2) is 17.0 Å². The Morgan fingerprint density at radius 3 is 2.00 bits per heavy atom. The average Bonchev–Trinajstić information content (AvgIpc) is 2.31. The number of nitrogen functional groups attached to an aromatic ring is 1. The van der Waals surface area contributed by atoms with Crippen LogP contribution in [-0.4, -0.2) is 37.6 Å². The molecule has 0 radical (unpaired) electrons. The number of amides is 2. The van der Waals surface area contributed by atoms with Crippen LogP contribution in [0, 0.1) is 11.6 Å². The average molecular weight is 322 g/mol. The van der Waals surface area contributed by atoms with Gasteiger partial charge in [0.05, 0.1) is 13.1 Å². The summed E-state index contributed by atoms with van der Waals surface area (Å²) in [6, 6.07) is 1.24. The summed E-state index contributed by atoms with van der Waals surface area (Å²) in [6.07, 6.45) is 0. The lowest BCUT2D eigenvalue weighted by Gasteiger charge is -2.19. The Kier molecular flexibility index (Phi) is 4.80. The van der Waals surface area contributed by atoms with E-state index in [2.05, 4.69) is 0 Å². The first-order valence-electron chi connectivity index (χ1n) is 5.37. The van der Waals surface area contributed by atoms with Crippen molar-refractivity contribution in [2.24, 2.45) is 11.5 Å². The zero-order chi connectivity index (χ0) is 16.4. The standard InChI is InChI=1S/C10H12F2N4O4S/c11-6-1-5(13)2-7(10(6)12)21(19,20)16(3-8(14)17)4-9(15)18/h1-2H,3-4,13H2,(H2,14,17)(H2,15,18). The van der Waals surface area contributed by atoms with Gasteiger partial charge in [-0.05, 0) is 12.1 Å². The Bertz CT molecular complexity index is 677. The second kappa shape index (κ2) is 6.01. The molecular weight excluding hydrogens is 310 g/mol. The lowest BCUT2D eigenvalue weighted by atomic mass is 10.3. The third kappa shape index (κ3) is 3.86. The van der Waals surface area contributed by atoms with Crippen molar-refractivity contribution < 1.29 is 26.8 Å². The number of halogens is 2. The van der Waals surface area contributed by atoms with Crippen molar-refractivity contribution >= 4 is 27.5 Å². The van der Waals surface area contributed by atoms with Gasteiger partial charge in [-0.3, -0.25) is 9.59 Å². The number of primary amides is 2. The van der Waals surface area contributed by atoms with Crippen LogP contribution < -0.4 is 17.2 Å². The number of nitrogens with zero attached hydrogens (tertiary/aromatic N) is 1. The first-order valence-corrected chi connectivity index (χ1v) is 6.81. The summed E-state index contributed by atoms with van der Waals surface area (Å²) in [5, 5.41) is 0. The van der Waals surface area contributed by atoms with Crippen LogP contribution in [0.1, 0.15) is 0 Å². The van der Waals surface area contributed by atoms with Crippen molar-refractivity contribution in [2.75, 3.05) is 18.8 Å². The van der Waals surface area contributed by atoms with Crippen LogP contribution in [-0.2, 0) is 19.6 Å². The lowest BCUT2D eigenvalue weighted by Crippen LogP contribution is -2.43. The van der Waals surface area contributed by atoms with Gasteiger partial charge in [0, 0.05) is 5.69 Å². The highest BCUT2D eigenvalue weighted by Crippen LogP contribution is 2.24. The summed E-state index contributed by atoms with van der Waals surface area (Å²) >= 11 is 0. The number of hydrogen-bond donors (Lipinski definition) is 3. The van der Waals surface area contributed by atoms with Gasteiger partial charge >= 0.3 is 0 Å². The Labute approximate surface area is 118 Å². The lowest BCUT2D eigenvalue weighted by molar-refractivity contribution is -0.120. The quantitative estimate of drug-likeness (QED) is 0.545. The fourth-order valence-electron chi connectivity index (χ4n) is 1.48. The molecule has 0 saturated carbocycles. The van der Waals surface area contributed by atoms with E-state index < -0.39 is 51.5 Å². The van der Waals surface area contributed by atoms with Crippen molar-refractivity contribution in [3.05, 3.63) is 23.8 Å². The SMILES string of the molecule is NC(=O)CN(CC(N)=O)S(=O)(=O)c1cc(N)cc(F)c1F.